The van der Waals surface area contributed by atoms with E-state index in [1.54, 1.807) is 0 Å². The van der Waals surface area contributed by atoms with Gasteiger partial charge in [0.15, 0.2) is 11.6 Å². The summed E-state index contributed by atoms with van der Waals surface area (Å²) in [6, 6.07) is 5.83. The van der Waals surface area contributed by atoms with Crippen LogP contribution >= 0.6 is 0 Å². The summed E-state index contributed by atoms with van der Waals surface area (Å²) in [4.78, 5) is 32.9. The molecule has 8 nitrogen and oxygen atoms in total. The first-order valence-electron chi connectivity index (χ1n) is 12.7. The molecule has 1 fully saturated rings. The molecule has 0 bridgehead atoms. The monoisotopic (exact) mass is 601 g/mol. The average Bonchev–Trinajstić information content (AvgIpc) is 2.91. The number of nitrogens with one attached hydrogen (secondary N) is 3. The zero-order chi connectivity index (χ0) is 30.7. The molecule has 1 aromatic carbocycles. The lowest BCUT2D eigenvalue weighted by molar-refractivity contribution is -0.126. The third-order valence-electron chi connectivity index (χ3n) is 6.74. The fourth-order valence-corrected chi connectivity index (χ4v) is 4.44. The fraction of sp³-hybridized carbons (Fsp3) is 0.370. The molecule has 0 saturated carbocycles. The van der Waals surface area contributed by atoms with Crippen molar-refractivity contribution in [2.75, 3.05) is 25.0 Å². The van der Waals surface area contributed by atoms with Crippen molar-refractivity contribution in [3.8, 4) is 11.5 Å². The van der Waals surface area contributed by atoms with Crippen molar-refractivity contribution in [1.82, 2.24) is 20.2 Å². The quantitative estimate of drug-likeness (QED) is 0.301. The number of benzene rings is 1. The van der Waals surface area contributed by atoms with Gasteiger partial charge in [-0.25, -0.2) is 22.5 Å². The van der Waals surface area contributed by atoms with E-state index in [-0.39, 0.29) is 41.5 Å². The Balaban J connectivity index is 1.40. The van der Waals surface area contributed by atoms with Gasteiger partial charge < -0.3 is 20.4 Å². The van der Waals surface area contributed by atoms with E-state index >= 15 is 0 Å². The molecule has 4 rings (SSSR count). The van der Waals surface area contributed by atoms with Crippen LogP contribution in [0.2, 0.25) is 0 Å². The smallest absolute Gasteiger partial charge is 0.401 e. The molecule has 3 N–H and O–H groups in total. The molecule has 2 atom stereocenters. The topological polar surface area (TPSA) is 99.3 Å². The third kappa shape index (κ3) is 7.85. The van der Waals surface area contributed by atoms with Crippen LogP contribution in [0.3, 0.4) is 0 Å². The lowest BCUT2D eigenvalue weighted by atomic mass is 9.86. The van der Waals surface area contributed by atoms with E-state index in [9.17, 15) is 40.3 Å². The molecule has 226 valence electrons. The van der Waals surface area contributed by atoms with Crippen molar-refractivity contribution in [3.05, 3.63) is 81.9 Å². The normalized spacial score (nSPS) is 18.0. The average molecular weight is 602 g/mol. The van der Waals surface area contributed by atoms with Crippen molar-refractivity contribution in [2.45, 2.75) is 43.9 Å². The van der Waals surface area contributed by atoms with Crippen molar-refractivity contribution in [3.63, 3.8) is 0 Å². The number of hydrogen-bond donors (Lipinski definition) is 3. The second kappa shape index (κ2) is 12.5. The highest BCUT2D eigenvalue weighted by molar-refractivity contribution is 5.93. The number of nitrogens with zero attached hydrogens (tertiary/aromatic N) is 2. The number of rotatable bonds is 9. The number of aromatic amines is 1. The summed E-state index contributed by atoms with van der Waals surface area (Å²) in [5.41, 5.74) is -0.810. The molecule has 3 heterocycles. The first-order valence-corrected chi connectivity index (χ1v) is 12.7. The Morgan fingerprint density at radius 2 is 1.98 bits per heavy atom. The molecule has 0 spiro atoms. The highest BCUT2D eigenvalue weighted by Crippen LogP contribution is 2.40. The van der Waals surface area contributed by atoms with Gasteiger partial charge in [-0.2, -0.15) is 13.2 Å². The number of alkyl halides is 5. The van der Waals surface area contributed by atoms with Crippen LogP contribution in [0.4, 0.5) is 36.6 Å². The molecule has 0 radical (unpaired) electrons. The Morgan fingerprint density at radius 3 is 2.64 bits per heavy atom. The Bertz CT molecular complexity index is 1460. The van der Waals surface area contributed by atoms with Gasteiger partial charge in [0, 0.05) is 43.9 Å². The number of halogens is 7. The van der Waals surface area contributed by atoms with Gasteiger partial charge in [0.25, 0.3) is 11.5 Å². The number of piperidine rings is 1. The minimum absolute atomic E-state index is 0.0237. The molecule has 1 amide bonds. The number of carbonyl (C=O) groups excluding carboxylic acids is 1. The van der Waals surface area contributed by atoms with Crippen molar-refractivity contribution in [1.29, 1.82) is 0 Å². The van der Waals surface area contributed by atoms with Crippen LogP contribution in [0.25, 0.3) is 0 Å². The maximum absolute atomic E-state index is 15.0. The van der Waals surface area contributed by atoms with Gasteiger partial charge in [0.2, 0.25) is 5.91 Å². The van der Waals surface area contributed by atoms with Crippen LogP contribution in [0.5, 0.6) is 11.5 Å². The molecule has 42 heavy (non-hydrogen) atoms. The first-order chi connectivity index (χ1) is 19.7. The van der Waals surface area contributed by atoms with Gasteiger partial charge in [0.05, 0.1) is 24.7 Å². The second-order valence-corrected chi connectivity index (χ2v) is 9.79. The summed E-state index contributed by atoms with van der Waals surface area (Å²) in [6.07, 6.45) is -2.79. The molecule has 1 aliphatic rings. The van der Waals surface area contributed by atoms with Gasteiger partial charge in [-0.1, -0.05) is 0 Å². The predicted molar refractivity (Wildman–Crippen MR) is 137 cm³/mol. The predicted octanol–water partition coefficient (Wildman–Crippen LogP) is 4.94. The largest absolute Gasteiger partial charge is 0.453 e. The van der Waals surface area contributed by atoms with E-state index in [2.05, 4.69) is 20.6 Å². The van der Waals surface area contributed by atoms with Crippen LogP contribution in [-0.4, -0.2) is 58.5 Å². The molecule has 0 aliphatic carbocycles. The zero-order valence-corrected chi connectivity index (χ0v) is 22.1. The van der Waals surface area contributed by atoms with Crippen molar-refractivity contribution in [2.24, 2.45) is 0 Å². The fourth-order valence-electron chi connectivity index (χ4n) is 4.44. The standard InChI is InChI=1S/C27H26F7N5O3/c1-15(24(40)38-23-5-3-19(12-36-23)42-22-4-2-18(28)9-21(22)29)39-7-6-26(30,31)20(13-39)16-8-17(25(41)37-11-16)10-35-14-27(32,33)34/h2-5,8-9,11-12,15,20,35H,6-7,10,13-14H2,1H3,(H,37,41)(H,36,38,40)/t15-,20+/m0/s1. The van der Waals surface area contributed by atoms with Crippen molar-refractivity contribution < 1.29 is 40.3 Å². The highest BCUT2D eigenvalue weighted by atomic mass is 19.4. The van der Waals surface area contributed by atoms with E-state index in [4.69, 9.17) is 4.74 Å². The minimum Gasteiger partial charge on any atom is -0.453 e. The Kier molecular flexibility index (Phi) is 9.21. The third-order valence-corrected chi connectivity index (χ3v) is 6.74. The Hall–Kier alpha value is -3.98. The lowest BCUT2D eigenvalue weighted by Crippen LogP contribution is -2.52. The molecule has 1 aliphatic heterocycles. The number of anilines is 1. The van der Waals surface area contributed by atoms with Crippen LogP contribution in [0, 0.1) is 11.6 Å². The molecule has 15 heteroatoms. The number of pyridine rings is 2. The zero-order valence-electron chi connectivity index (χ0n) is 22.1. The molecular formula is C27H26F7N5O3. The van der Waals surface area contributed by atoms with E-state index in [1.165, 1.54) is 30.2 Å². The number of carbonyl (C=O) groups is 1. The van der Waals surface area contributed by atoms with Gasteiger partial charge in [0.1, 0.15) is 17.4 Å². The van der Waals surface area contributed by atoms with E-state index in [1.807, 2.05) is 0 Å². The second-order valence-electron chi connectivity index (χ2n) is 9.79. The number of likely N-dealkylation sites (tertiary alicyclic amines) is 1. The number of aromatic nitrogens is 2. The molecule has 1 saturated heterocycles. The molecule has 2 aromatic heterocycles. The Labute approximate surface area is 234 Å². The summed E-state index contributed by atoms with van der Waals surface area (Å²) >= 11 is 0. The van der Waals surface area contributed by atoms with Crippen molar-refractivity contribution >= 4 is 11.7 Å². The summed E-state index contributed by atoms with van der Waals surface area (Å²) in [5.74, 6) is -6.90. The molecular weight excluding hydrogens is 575 g/mol. The van der Waals surface area contributed by atoms with Crippen LogP contribution < -0.4 is 20.9 Å². The van der Waals surface area contributed by atoms with Gasteiger partial charge in [-0.05, 0) is 42.8 Å². The van der Waals surface area contributed by atoms with E-state index in [0.717, 1.165) is 24.4 Å². The maximum Gasteiger partial charge on any atom is 0.401 e. The molecule has 0 unspecified atom stereocenters. The summed E-state index contributed by atoms with van der Waals surface area (Å²) in [7, 11) is 0. The van der Waals surface area contributed by atoms with Gasteiger partial charge in [-0.3, -0.25) is 14.5 Å². The van der Waals surface area contributed by atoms with Crippen LogP contribution in [-0.2, 0) is 11.3 Å². The first kappa shape index (κ1) is 31.0. The summed E-state index contributed by atoms with van der Waals surface area (Å²) in [6.45, 7) is -0.700. The highest BCUT2D eigenvalue weighted by Gasteiger charge is 2.46. The SMILES string of the molecule is C[C@@H](C(=O)Nc1ccc(Oc2ccc(F)cc2F)cn1)N1CCC(F)(F)[C@@H](c2c[nH]c(=O)c(CNCC(F)(F)F)c2)C1. The maximum atomic E-state index is 15.0. The Morgan fingerprint density at radius 1 is 1.21 bits per heavy atom. The van der Waals surface area contributed by atoms with Gasteiger partial charge >= 0.3 is 6.18 Å². The minimum atomic E-state index is -4.51. The number of hydrogen-bond acceptors (Lipinski definition) is 6. The van der Waals surface area contributed by atoms with E-state index in [0.29, 0.717) is 6.07 Å². The van der Waals surface area contributed by atoms with Gasteiger partial charge in [-0.15, -0.1) is 0 Å². The van der Waals surface area contributed by atoms with Crippen LogP contribution in [0.15, 0.2) is 53.6 Å². The summed E-state index contributed by atoms with van der Waals surface area (Å²) < 4.78 is 99.5. The lowest BCUT2D eigenvalue weighted by Gasteiger charge is -2.40. The van der Waals surface area contributed by atoms with E-state index < -0.39 is 66.7 Å². The molecule has 3 aromatic rings. The number of amides is 1. The number of ether oxygens (including phenoxy) is 1. The van der Waals surface area contributed by atoms with Crippen LogP contribution in [0.1, 0.15) is 30.4 Å². The number of H-pyrrole nitrogens is 1. The summed E-state index contributed by atoms with van der Waals surface area (Å²) in [5, 5.41) is 4.65.